The molecule has 0 bridgehead atoms. The van der Waals surface area contributed by atoms with Crippen molar-refractivity contribution in [3.05, 3.63) is 94.5 Å². The average molecular weight is 543 g/mol. The molecule has 2 saturated heterocycles. The number of para-hydroxylation sites is 1. The Morgan fingerprint density at radius 1 is 0.868 bits per heavy atom. The highest BCUT2D eigenvalue weighted by atomic mass is 35.5. The summed E-state index contributed by atoms with van der Waals surface area (Å²) >= 11 is 5.95. The Kier molecular flexibility index (Phi) is 7.68. The molecule has 4 nitrogen and oxygen atoms in total. The second kappa shape index (κ2) is 11.0. The molecule has 0 unspecified atom stereocenters. The van der Waals surface area contributed by atoms with Crippen molar-refractivity contribution in [2.24, 2.45) is 5.41 Å². The van der Waals surface area contributed by atoms with Gasteiger partial charge >= 0.3 is 6.18 Å². The van der Waals surface area contributed by atoms with Crippen LogP contribution in [0, 0.1) is 5.41 Å². The Labute approximate surface area is 226 Å². The van der Waals surface area contributed by atoms with E-state index in [4.69, 9.17) is 16.3 Å². The molecule has 1 spiro atoms. The lowest BCUT2D eigenvalue weighted by Crippen LogP contribution is -2.48. The molecule has 0 N–H and O–H groups in total. The van der Waals surface area contributed by atoms with Crippen LogP contribution in [0.5, 0.6) is 11.5 Å². The highest BCUT2D eigenvalue weighted by molar-refractivity contribution is 6.30. The lowest BCUT2D eigenvalue weighted by atomic mass is 9.71. The second-order valence-electron chi connectivity index (χ2n) is 10.3. The zero-order valence-electron chi connectivity index (χ0n) is 21.0. The molecule has 1 amide bonds. The Bertz CT molecular complexity index is 1260. The van der Waals surface area contributed by atoms with E-state index in [1.165, 1.54) is 6.07 Å². The summed E-state index contributed by atoms with van der Waals surface area (Å²) in [6.07, 6.45) is -0.300. The number of halogens is 4. The van der Waals surface area contributed by atoms with Crippen molar-refractivity contribution < 1.29 is 22.7 Å². The van der Waals surface area contributed by atoms with Gasteiger partial charge in [0.1, 0.15) is 11.5 Å². The van der Waals surface area contributed by atoms with E-state index in [2.05, 4.69) is 4.90 Å². The summed E-state index contributed by atoms with van der Waals surface area (Å²) in [5, 5.41) is 0.621. The molecule has 0 saturated carbocycles. The molecular weight excluding hydrogens is 513 g/mol. The number of alkyl halides is 3. The fourth-order valence-corrected chi connectivity index (χ4v) is 5.61. The third kappa shape index (κ3) is 6.16. The second-order valence-corrected chi connectivity index (χ2v) is 10.7. The number of carbonyl (C=O) groups is 1. The standard InChI is InChI=1S/C30H30ClF3N2O2/c31-25-10-8-22(9-11-25)28(37)36-18-14-29(15-19-36)12-16-35(17-13-29)21-23-4-1-2-7-27(23)38-26-6-3-5-24(20-26)30(32,33)34/h1-11,20H,12-19,21H2. The number of nitrogens with zero attached hydrogens (tertiary/aromatic N) is 2. The molecule has 3 aromatic rings. The number of likely N-dealkylation sites (tertiary alicyclic amines) is 2. The Balaban J connectivity index is 1.16. The van der Waals surface area contributed by atoms with Gasteiger partial charge in [0.2, 0.25) is 0 Å². The number of piperidine rings is 2. The molecule has 2 aliphatic heterocycles. The monoisotopic (exact) mass is 542 g/mol. The van der Waals surface area contributed by atoms with Gasteiger partial charge in [-0.05, 0) is 92.7 Å². The van der Waals surface area contributed by atoms with Crippen LogP contribution in [-0.2, 0) is 12.7 Å². The summed E-state index contributed by atoms with van der Waals surface area (Å²) in [4.78, 5) is 17.2. The van der Waals surface area contributed by atoms with Gasteiger partial charge in [-0.15, -0.1) is 0 Å². The summed E-state index contributed by atoms with van der Waals surface area (Å²) in [6.45, 7) is 4.06. The van der Waals surface area contributed by atoms with E-state index in [0.29, 0.717) is 22.9 Å². The van der Waals surface area contributed by atoms with Gasteiger partial charge in [0.25, 0.3) is 5.91 Å². The predicted molar refractivity (Wildman–Crippen MR) is 141 cm³/mol. The molecule has 3 aromatic carbocycles. The minimum Gasteiger partial charge on any atom is -0.457 e. The first-order valence-electron chi connectivity index (χ1n) is 12.9. The molecule has 0 aliphatic carbocycles. The van der Waals surface area contributed by atoms with Crippen LogP contribution in [0.25, 0.3) is 0 Å². The zero-order chi connectivity index (χ0) is 26.8. The quantitative estimate of drug-likeness (QED) is 0.331. The molecule has 2 aliphatic rings. The molecule has 200 valence electrons. The Morgan fingerprint density at radius 2 is 1.53 bits per heavy atom. The molecule has 2 fully saturated rings. The fourth-order valence-electron chi connectivity index (χ4n) is 5.48. The highest BCUT2D eigenvalue weighted by Gasteiger charge is 2.38. The summed E-state index contributed by atoms with van der Waals surface area (Å²) < 4.78 is 45.2. The molecule has 2 heterocycles. The van der Waals surface area contributed by atoms with Crippen molar-refractivity contribution in [2.75, 3.05) is 26.2 Å². The first kappa shape index (κ1) is 26.6. The molecule has 0 atom stereocenters. The van der Waals surface area contributed by atoms with Crippen LogP contribution in [0.3, 0.4) is 0 Å². The maximum Gasteiger partial charge on any atom is 0.416 e. The topological polar surface area (TPSA) is 32.8 Å². The van der Waals surface area contributed by atoms with E-state index < -0.39 is 11.7 Å². The van der Waals surface area contributed by atoms with Gasteiger partial charge in [0, 0.05) is 35.8 Å². The molecule has 0 radical (unpaired) electrons. The number of carbonyl (C=O) groups excluding carboxylic acids is 1. The maximum absolute atomic E-state index is 13.1. The van der Waals surface area contributed by atoms with Crippen LogP contribution in [0.4, 0.5) is 13.2 Å². The van der Waals surface area contributed by atoms with Crippen molar-refractivity contribution in [2.45, 2.75) is 38.4 Å². The van der Waals surface area contributed by atoms with E-state index in [-0.39, 0.29) is 17.1 Å². The van der Waals surface area contributed by atoms with Gasteiger partial charge in [-0.1, -0.05) is 35.9 Å². The van der Waals surface area contributed by atoms with Crippen LogP contribution in [0.15, 0.2) is 72.8 Å². The lowest BCUT2D eigenvalue weighted by molar-refractivity contribution is -0.137. The third-order valence-electron chi connectivity index (χ3n) is 7.87. The van der Waals surface area contributed by atoms with Gasteiger partial charge < -0.3 is 9.64 Å². The number of hydrogen-bond donors (Lipinski definition) is 0. The van der Waals surface area contributed by atoms with Crippen molar-refractivity contribution in [3.8, 4) is 11.5 Å². The van der Waals surface area contributed by atoms with E-state index in [1.54, 1.807) is 36.4 Å². The van der Waals surface area contributed by atoms with Crippen LogP contribution in [-0.4, -0.2) is 41.9 Å². The van der Waals surface area contributed by atoms with Crippen molar-refractivity contribution in [3.63, 3.8) is 0 Å². The summed E-state index contributed by atoms with van der Waals surface area (Å²) in [5.41, 5.74) is 1.14. The minimum absolute atomic E-state index is 0.0614. The van der Waals surface area contributed by atoms with Crippen molar-refractivity contribution >= 4 is 17.5 Å². The highest BCUT2D eigenvalue weighted by Crippen LogP contribution is 2.42. The minimum atomic E-state index is -4.41. The molecule has 5 rings (SSSR count). The molecule has 8 heteroatoms. The van der Waals surface area contributed by atoms with E-state index >= 15 is 0 Å². The number of benzene rings is 3. The Hall–Kier alpha value is -3.03. The van der Waals surface area contributed by atoms with E-state index in [1.807, 2.05) is 23.1 Å². The van der Waals surface area contributed by atoms with E-state index in [0.717, 1.165) is 69.6 Å². The van der Waals surface area contributed by atoms with Crippen molar-refractivity contribution in [1.82, 2.24) is 9.80 Å². The van der Waals surface area contributed by atoms with Crippen molar-refractivity contribution in [1.29, 1.82) is 0 Å². The van der Waals surface area contributed by atoms with Crippen LogP contribution in [0.2, 0.25) is 5.02 Å². The van der Waals surface area contributed by atoms with Crippen LogP contribution >= 0.6 is 11.6 Å². The molecule has 38 heavy (non-hydrogen) atoms. The predicted octanol–water partition coefficient (Wildman–Crippen LogP) is 7.67. The summed E-state index contributed by atoms with van der Waals surface area (Å²) in [5.74, 6) is 0.803. The van der Waals surface area contributed by atoms with Gasteiger partial charge in [-0.25, -0.2) is 0 Å². The van der Waals surface area contributed by atoms with Gasteiger partial charge in [-0.2, -0.15) is 13.2 Å². The first-order valence-corrected chi connectivity index (χ1v) is 13.3. The number of amides is 1. The summed E-state index contributed by atoms with van der Waals surface area (Å²) in [6, 6.07) is 19.6. The van der Waals surface area contributed by atoms with Crippen LogP contribution in [0.1, 0.15) is 47.2 Å². The lowest BCUT2D eigenvalue weighted by Gasteiger charge is -2.47. The first-order chi connectivity index (χ1) is 18.2. The zero-order valence-corrected chi connectivity index (χ0v) is 21.8. The maximum atomic E-state index is 13.1. The Morgan fingerprint density at radius 3 is 2.21 bits per heavy atom. The average Bonchev–Trinajstić information content (AvgIpc) is 2.91. The number of rotatable bonds is 5. The fraction of sp³-hybridized carbons (Fsp3) is 0.367. The van der Waals surface area contributed by atoms with Crippen LogP contribution < -0.4 is 4.74 Å². The van der Waals surface area contributed by atoms with Gasteiger partial charge in [-0.3, -0.25) is 9.69 Å². The smallest absolute Gasteiger partial charge is 0.416 e. The molecular formula is C30H30ClF3N2O2. The number of ether oxygens (including phenoxy) is 1. The normalized spacial score (nSPS) is 17.9. The van der Waals surface area contributed by atoms with Gasteiger partial charge in [0.15, 0.2) is 0 Å². The number of hydrogen-bond acceptors (Lipinski definition) is 3. The SMILES string of the molecule is O=C(c1ccc(Cl)cc1)N1CCC2(CCN(Cc3ccccc3Oc3cccc(C(F)(F)F)c3)CC2)CC1. The largest absolute Gasteiger partial charge is 0.457 e. The summed E-state index contributed by atoms with van der Waals surface area (Å²) in [7, 11) is 0. The molecule has 0 aromatic heterocycles. The third-order valence-corrected chi connectivity index (χ3v) is 8.13. The van der Waals surface area contributed by atoms with Gasteiger partial charge in [0.05, 0.1) is 5.56 Å². The van der Waals surface area contributed by atoms with E-state index in [9.17, 15) is 18.0 Å².